The monoisotopic (exact) mass is 474 g/mol. The molecule has 2 unspecified atom stereocenters. The van der Waals surface area contributed by atoms with E-state index in [0.29, 0.717) is 5.56 Å². The van der Waals surface area contributed by atoms with E-state index in [2.05, 4.69) is 26.5 Å². The standard InChI is InChI=1S/C25H26N6O2S/c1-2-30-25(27-28-29-30)34-16-17-6-8-19(9-7-17)24(32)31-20-10-11-21(31)14-23(13-20)33-22-5-3-4-18(12-22)15-26/h3-9,12,20-21,23H,2,10-11,13-14,16H2,1H3. The van der Waals surface area contributed by atoms with Gasteiger partial charge in [-0.1, -0.05) is 30.0 Å². The second-order valence-corrected chi connectivity index (χ2v) is 9.65. The average Bonchev–Trinajstić information content (AvgIpc) is 3.44. The zero-order valence-corrected chi connectivity index (χ0v) is 19.8. The summed E-state index contributed by atoms with van der Waals surface area (Å²) in [6.07, 6.45) is 3.72. The number of carbonyl (C=O) groups is 1. The van der Waals surface area contributed by atoms with Crippen molar-refractivity contribution in [3.05, 3.63) is 65.2 Å². The molecule has 1 amide bonds. The number of aromatic nitrogens is 4. The van der Waals surface area contributed by atoms with Crippen LogP contribution < -0.4 is 4.74 Å². The average molecular weight is 475 g/mol. The van der Waals surface area contributed by atoms with E-state index in [4.69, 9.17) is 10.00 Å². The molecule has 2 bridgehead atoms. The molecule has 2 aliphatic heterocycles. The van der Waals surface area contributed by atoms with Crippen LogP contribution in [0.2, 0.25) is 0 Å². The molecule has 3 heterocycles. The first-order valence-electron chi connectivity index (χ1n) is 11.6. The van der Waals surface area contributed by atoms with Crippen LogP contribution in [0.5, 0.6) is 5.75 Å². The van der Waals surface area contributed by atoms with Gasteiger partial charge in [-0.05, 0) is 66.1 Å². The van der Waals surface area contributed by atoms with Crippen LogP contribution in [-0.4, -0.2) is 49.2 Å². The minimum absolute atomic E-state index is 0.0644. The second kappa shape index (κ2) is 9.85. The fraction of sp³-hybridized carbons (Fsp3) is 0.400. The molecule has 2 aromatic carbocycles. The quantitative estimate of drug-likeness (QED) is 0.476. The summed E-state index contributed by atoms with van der Waals surface area (Å²) in [6.45, 7) is 2.74. The van der Waals surface area contributed by atoms with Crippen molar-refractivity contribution in [2.75, 3.05) is 0 Å². The summed E-state index contributed by atoms with van der Waals surface area (Å²) in [4.78, 5) is 15.4. The summed E-state index contributed by atoms with van der Waals surface area (Å²) in [5.41, 5.74) is 2.45. The van der Waals surface area contributed by atoms with Gasteiger partial charge in [0.15, 0.2) is 0 Å². The van der Waals surface area contributed by atoms with Crippen molar-refractivity contribution >= 4 is 17.7 Å². The summed E-state index contributed by atoms with van der Waals surface area (Å²) in [7, 11) is 0. The van der Waals surface area contributed by atoms with Gasteiger partial charge in [-0.2, -0.15) is 5.26 Å². The molecule has 0 aliphatic carbocycles. The summed E-state index contributed by atoms with van der Waals surface area (Å²) < 4.78 is 7.96. The lowest BCUT2D eigenvalue weighted by Gasteiger charge is -2.39. The van der Waals surface area contributed by atoms with Crippen molar-refractivity contribution in [1.29, 1.82) is 5.26 Å². The molecule has 8 nitrogen and oxygen atoms in total. The first-order valence-corrected chi connectivity index (χ1v) is 12.6. The van der Waals surface area contributed by atoms with Gasteiger partial charge in [0.1, 0.15) is 11.9 Å². The van der Waals surface area contributed by atoms with Crippen molar-refractivity contribution in [2.24, 2.45) is 0 Å². The highest BCUT2D eigenvalue weighted by Crippen LogP contribution is 2.38. The molecule has 2 fully saturated rings. The van der Waals surface area contributed by atoms with E-state index in [0.717, 1.165) is 60.0 Å². The first-order chi connectivity index (χ1) is 16.6. The normalized spacial score (nSPS) is 21.3. The maximum Gasteiger partial charge on any atom is 0.254 e. The molecular formula is C25H26N6O2S. The van der Waals surface area contributed by atoms with Gasteiger partial charge in [-0.25, -0.2) is 4.68 Å². The van der Waals surface area contributed by atoms with Crippen LogP contribution in [0.25, 0.3) is 0 Å². The Hall–Kier alpha value is -3.38. The number of ether oxygens (including phenoxy) is 1. The number of nitriles is 1. The maximum absolute atomic E-state index is 13.4. The van der Waals surface area contributed by atoms with Gasteiger partial charge in [0.05, 0.1) is 11.6 Å². The zero-order valence-electron chi connectivity index (χ0n) is 19.0. The number of thioether (sulfide) groups is 1. The molecule has 34 heavy (non-hydrogen) atoms. The Kier molecular flexibility index (Phi) is 6.50. The number of aryl methyl sites for hydroxylation is 1. The maximum atomic E-state index is 13.4. The Morgan fingerprint density at radius 3 is 2.65 bits per heavy atom. The van der Waals surface area contributed by atoms with Crippen molar-refractivity contribution in [1.82, 2.24) is 25.1 Å². The van der Waals surface area contributed by atoms with Crippen LogP contribution in [0.15, 0.2) is 53.7 Å². The molecular weight excluding hydrogens is 448 g/mol. The Labute approximate surface area is 202 Å². The number of amides is 1. The van der Waals surface area contributed by atoms with Gasteiger partial charge in [-0.15, -0.1) is 5.10 Å². The lowest BCUT2D eigenvalue weighted by Crippen LogP contribution is -2.49. The van der Waals surface area contributed by atoms with E-state index < -0.39 is 0 Å². The molecule has 0 spiro atoms. The van der Waals surface area contributed by atoms with Crippen molar-refractivity contribution < 1.29 is 9.53 Å². The lowest BCUT2D eigenvalue weighted by atomic mass is 9.98. The molecule has 9 heteroatoms. The molecule has 5 rings (SSSR count). The van der Waals surface area contributed by atoms with E-state index in [9.17, 15) is 4.79 Å². The minimum atomic E-state index is 0.0644. The van der Waals surface area contributed by atoms with E-state index in [1.165, 1.54) is 0 Å². The smallest absolute Gasteiger partial charge is 0.254 e. The lowest BCUT2D eigenvalue weighted by molar-refractivity contribution is 0.0359. The highest BCUT2D eigenvalue weighted by Gasteiger charge is 2.44. The van der Waals surface area contributed by atoms with Gasteiger partial charge in [0.2, 0.25) is 5.16 Å². The molecule has 0 saturated carbocycles. The Bertz CT molecular complexity index is 1190. The van der Waals surface area contributed by atoms with Gasteiger partial charge in [0, 0.05) is 42.8 Å². The van der Waals surface area contributed by atoms with Crippen LogP contribution in [0, 0.1) is 11.3 Å². The van der Waals surface area contributed by atoms with Crippen LogP contribution >= 0.6 is 11.8 Å². The third-order valence-electron chi connectivity index (χ3n) is 6.56. The number of tetrazole rings is 1. The van der Waals surface area contributed by atoms with E-state index in [1.807, 2.05) is 43.3 Å². The molecule has 1 aromatic heterocycles. The van der Waals surface area contributed by atoms with Crippen molar-refractivity contribution in [3.8, 4) is 11.8 Å². The predicted molar refractivity (Wildman–Crippen MR) is 127 cm³/mol. The summed E-state index contributed by atoms with van der Waals surface area (Å²) in [6, 6.07) is 17.7. The number of benzene rings is 2. The number of hydrogen-bond acceptors (Lipinski definition) is 7. The van der Waals surface area contributed by atoms with Crippen LogP contribution in [0.3, 0.4) is 0 Å². The van der Waals surface area contributed by atoms with E-state index in [1.54, 1.807) is 28.6 Å². The minimum Gasteiger partial charge on any atom is -0.490 e. The third kappa shape index (κ3) is 4.64. The van der Waals surface area contributed by atoms with E-state index in [-0.39, 0.29) is 24.1 Å². The number of carbonyl (C=O) groups excluding carboxylic acids is 1. The largest absolute Gasteiger partial charge is 0.490 e. The van der Waals surface area contributed by atoms with Crippen molar-refractivity contribution in [3.63, 3.8) is 0 Å². The van der Waals surface area contributed by atoms with Gasteiger partial charge >= 0.3 is 0 Å². The van der Waals surface area contributed by atoms with Gasteiger partial charge < -0.3 is 9.64 Å². The van der Waals surface area contributed by atoms with Crippen LogP contribution in [-0.2, 0) is 12.3 Å². The van der Waals surface area contributed by atoms with E-state index >= 15 is 0 Å². The molecule has 3 aromatic rings. The van der Waals surface area contributed by atoms with Crippen molar-refractivity contribution in [2.45, 2.75) is 68.2 Å². The first kappa shape index (κ1) is 22.4. The zero-order chi connectivity index (χ0) is 23.5. The third-order valence-corrected chi connectivity index (χ3v) is 7.59. The highest BCUT2D eigenvalue weighted by atomic mass is 32.2. The number of fused-ring (bicyclic) bond motifs is 2. The Morgan fingerprint density at radius 2 is 1.94 bits per heavy atom. The second-order valence-electron chi connectivity index (χ2n) is 8.71. The summed E-state index contributed by atoms with van der Waals surface area (Å²) in [5, 5.41) is 21.6. The summed E-state index contributed by atoms with van der Waals surface area (Å²) in [5.74, 6) is 1.58. The molecule has 2 atom stereocenters. The van der Waals surface area contributed by atoms with Crippen LogP contribution in [0.1, 0.15) is 54.1 Å². The molecule has 2 saturated heterocycles. The molecule has 0 N–H and O–H groups in total. The fourth-order valence-corrected chi connectivity index (χ4v) is 5.82. The van der Waals surface area contributed by atoms with Crippen LogP contribution in [0.4, 0.5) is 0 Å². The topological polar surface area (TPSA) is 96.9 Å². The number of piperidine rings is 1. The SMILES string of the molecule is CCn1nnnc1SCc1ccc(C(=O)N2C3CCC2CC(Oc2cccc(C#N)c2)C3)cc1. The molecule has 0 radical (unpaired) electrons. The predicted octanol–water partition coefficient (Wildman–Crippen LogP) is 4.07. The Balaban J connectivity index is 1.20. The van der Waals surface area contributed by atoms with Gasteiger partial charge in [0.25, 0.3) is 5.91 Å². The number of hydrogen-bond donors (Lipinski definition) is 0. The number of rotatable bonds is 7. The Morgan fingerprint density at radius 1 is 1.18 bits per heavy atom. The number of nitrogens with zero attached hydrogens (tertiary/aromatic N) is 6. The highest BCUT2D eigenvalue weighted by molar-refractivity contribution is 7.98. The molecule has 2 aliphatic rings. The summed E-state index contributed by atoms with van der Waals surface area (Å²) >= 11 is 1.59. The fourth-order valence-electron chi connectivity index (χ4n) is 4.93. The molecule has 174 valence electrons. The van der Waals surface area contributed by atoms with Gasteiger partial charge in [-0.3, -0.25) is 4.79 Å².